The highest BCUT2D eigenvalue weighted by Gasteiger charge is 2.49. The average molecular weight is 273 g/mol. The summed E-state index contributed by atoms with van der Waals surface area (Å²) in [5, 5.41) is 3.14. The van der Waals surface area contributed by atoms with Gasteiger partial charge in [0, 0.05) is 12.1 Å². The Kier molecular flexibility index (Phi) is 4.22. The van der Waals surface area contributed by atoms with Crippen molar-refractivity contribution < 1.29 is 4.79 Å². The molecule has 2 rings (SSSR count). The van der Waals surface area contributed by atoms with Gasteiger partial charge in [0.25, 0.3) is 5.91 Å². The maximum atomic E-state index is 12.2. The first-order chi connectivity index (χ1) is 9.38. The first kappa shape index (κ1) is 15.1. The second-order valence-corrected chi connectivity index (χ2v) is 6.85. The summed E-state index contributed by atoms with van der Waals surface area (Å²) < 4.78 is 0. The summed E-state index contributed by atoms with van der Waals surface area (Å²) in [6, 6.07) is 9.47. The van der Waals surface area contributed by atoms with E-state index in [1.165, 1.54) is 0 Å². The van der Waals surface area contributed by atoms with Gasteiger partial charge in [0.1, 0.15) is 0 Å². The molecular formula is C18H27NO. The van der Waals surface area contributed by atoms with Crippen LogP contribution in [0.15, 0.2) is 30.3 Å². The van der Waals surface area contributed by atoms with E-state index < -0.39 is 0 Å². The van der Waals surface area contributed by atoms with Gasteiger partial charge in [-0.2, -0.15) is 0 Å². The van der Waals surface area contributed by atoms with Gasteiger partial charge in [0.15, 0.2) is 0 Å². The molecule has 0 spiro atoms. The molecule has 0 aliphatic heterocycles. The Morgan fingerprint density at radius 3 is 2.05 bits per heavy atom. The van der Waals surface area contributed by atoms with Gasteiger partial charge in [-0.1, -0.05) is 52.8 Å². The minimum absolute atomic E-state index is 0.0402. The Morgan fingerprint density at radius 2 is 1.55 bits per heavy atom. The van der Waals surface area contributed by atoms with Gasteiger partial charge in [-0.3, -0.25) is 4.79 Å². The highest BCUT2D eigenvalue weighted by Crippen LogP contribution is 2.53. The molecule has 0 bridgehead atoms. The summed E-state index contributed by atoms with van der Waals surface area (Å²) in [7, 11) is 0. The topological polar surface area (TPSA) is 29.1 Å². The summed E-state index contributed by atoms with van der Waals surface area (Å²) >= 11 is 0. The Hall–Kier alpha value is -1.31. The summed E-state index contributed by atoms with van der Waals surface area (Å²) in [5.74, 6) is 2.72. The molecule has 1 aromatic rings. The van der Waals surface area contributed by atoms with Gasteiger partial charge in [0.2, 0.25) is 0 Å². The second-order valence-electron chi connectivity index (χ2n) is 6.85. The lowest BCUT2D eigenvalue weighted by Gasteiger charge is -2.35. The van der Waals surface area contributed by atoms with Crippen molar-refractivity contribution in [2.45, 2.75) is 34.6 Å². The molecule has 1 aliphatic rings. The van der Waals surface area contributed by atoms with Crippen LogP contribution in [0.2, 0.25) is 0 Å². The van der Waals surface area contributed by atoms with E-state index in [0.29, 0.717) is 23.7 Å². The van der Waals surface area contributed by atoms with E-state index in [1.807, 2.05) is 30.3 Å². The van der Waals surface area contributed by atoms with Gasteiger partial charge in [-0.05, 0) is 41.2 Å². The zero-order valence-corrected chi connectivity index (χ0v) is 13.3. The Balaban J connectivity index is 2.05. The Morgan fingerprint density at radius 1 is 1.05 bits per heavy atom. The number of carbonyl (C=O) groups is 1. The number of benzene rings is 1. The average Bonchev–Trinajstić information content (AvgIpc) is 2.62. The lowest BCUT2D eigenvalue weighted by atomic mass is 9.73. The van der Waals surface area contributed by atoms with E-state index in [9.17, 15) is 4.79 Å². The van der Waals surface area contributed by atoms with E-state index >= 15 is 0 Å². The monoisotopic (exact) mass is 273 g/mol. The zero-order chi connectivity index (χ0) is 14.9. The van der Waals surface area contributed by atoms with E-state index in [-0.39, 0.29) is 11.3 Å². The molecule has 1 aromatic carbocycles. The van der Waals surface area contributed by atoms with Crippen LogP contribution in [0, 0.1) is 29.1 Å². The number of nitrogens with one attached hydrogen (secondary N) is 1. The van der Waals surface area contributed by atoms with Crippen molar-refractivity contribution in [3.05, 3.63) is 35.9 Å². The summed E-state index contributed by atoms with van der Waals surface area (Å²) in [6.45, 7) is 12.4. The molecule has 1 N–H and O–H groups in total. The van der Waals surface area contributed by atoms with E-state index in [2.05, 4.69) is 39.9 Å². The third-order valence-electron chi connectivity index (χ3n) is 6.15. The van der Waals surface area contributed by atoms with Crippen LogP contribution in [0.25, 0.3) is 0 Å². The Bertz CT molecular complexity index is 454. The minimum Gasteiger partial charge on any atom is -0.351 e. The highest BCUT2D eigenvalue weighted by molar-refractivity contribution is 5.94. The summed E-state index contributed by atoms with van der Waals surface area (Å²) in [5.41, 5.74) is 0.930. The summed E-state index contributed by atoms with van der Waals surface area (Å²) in [4.78, 5) is 12.2. The van der Waals surface area contributed by atoms with Gasteiger partial charge < -0.3 is 5.32 Å². The van der Waals surface area contributed by atoms with Crippen molar-refractivity contribution in [2.24, 2.45) is 29.1 Å². The maximum absolute atomic E-state index is 12.2. The fourth-order valence-electron chi connectivity index (χ4n) is 3.81. The lowest BCUT2D eigenvalue weighted by Crippen LogP contribution is -2.41. The molecule has 2 heteroatoms. The first-order valence-electron chi connectivity index (χ1n) is 7.71. The van der Waals surface area contributed by atoms with Crippen LogP contribution in [0.5, 0.6) is 0 Å². The maximum Gasteiger partial charge on any atom is 0.251 e. The predicted octanol–water partition coefficient (Wildman–Crippen LogP) is 3.98. The van der Waals surface area contributed by atoms with Crippen LogP contribution in [0.4, 0.5) is 0 Å². The number of amides is 1. The molecule has 3 unspecified atom stereocenters. The molecule has 110 valence electrons. The molecule has 1 amide bonds. The standard InChI is InChI=1S/C18H27NO/c1-12-13(2)15(4)18(5,14(12)3)11-19-17(20)16-9-7-6-8-10-16/h6-10,12-15H,11H2,1-5H3,(H,19,20)/t12?,13?,14-,15+,18?. The van der Waals surface area contributed by atoms with E-state index in [4.69, 9.17) is 0 Å². The highest BCUT2D eigenvalue weighted by atomic mass is 16.1. The first-order valence-corrected chi connectivity index (χ1v) is 7.71. The SMILES string of the molecule is CC1C(C)[C@H](C)C(C)(CNC(=O)c2ccccc2)[C@@H]1C. The van der Waals surface area contributed by atoms with Crippen molar-refractivity contribution in [1.29, 1.82) is 0 Å². The van der Waals surface area contributed by atoms with Crippen LogP contribution in [-0.2, 0) is 0 Å². The molecular weight excluding hydrogens is 246 g/mol. The van der Waals surface area contributed by atoms with Crippen LogP contribution in [-0.4, -0.2) is 12.5 Å². The fourth-order valence-corrected chi connectivity index (χ4v) is 3.81. The Labute approximate surface area is 123 Å². The smallest absolute Gasteiger partial charge is 0.251 e. The van der Waals surface area contributed by atoms with Gasteiger partial charge in [-0.15, -0.1) is 0 Å². The second kappa shape index (κ2) is 5.59. The quantitative estimate of drug-likeness (QED) is 0.886. The molecule has 0 radical (unpaired) electrons. The minimum atomic E-state index is 0.0402. The summed E-state index contributed by atoms with van der Waals surface area (Å²) in [6.07, 6.45) is 0. The molecule has 1 fully saturated rings. The largest absolute Gasteiger partial charge is 0.351 e. The van der Waals surface area contributed by atoms with Gasteiger partial charge >= 0.3 is 0 Å². The third-order valence-corrected chi connectivity index (χ3v) is 6.15. The number of carbonyl (C=O) groups excluding carboxylic acids is 1. The van der Waals surface area contributed by atoms with Crippen molar-refractivity contribution in [2.75, 3.05) is 6.54 Å². The fraction of sp³-hybridized carbons (Fsp3) is 0.611. The number of rotatable bonds is 3. The molecule has 1 saturated carbocycles. The van der Waals surface area contributed by atoms with E-state index in [1.54, 1.807) is 0 Å². The third kappa shape index (κ3) is 2.48. The lowest BCUT2D eigenvalue weighted by molar-refractivity contribution is 0.0892. The molecule has 1 aliphatic carbocycles. The van der Waals surface area contributed by atoms with Gasteiger partial charge in [-0.25, -0.2) is 0 Å². The van der Waals surface area contributed by atoms with Crippen molar-refractivity contribution in [3.63, 3.8) is 0 Å². The van der Waals surface area contributed by atoms with Crippen LogP contribution < -0.4 is 5.32 Å². The van der Waals surface area contributed by atoms with Crippen molar-refractivity contribution in [3.8, 4) is 0 Å². The normalized spacial score (nSPS) is 36.9. The molecule has 0 aromatic heterocycles. The predicted molar refractivity (Wildman–Crippen MR) is 83.5 cm³/mol. The van der Waals surface area contributed by atoms with Crippen LogP contribution >= 0.6 is 0 Å². The molecule has 0 saturated heterocycles. The molecule has 5 atom stereocenters. The van der Waals surface area contributed by atoms with Gasteiger partial charge in [0.05, 0.1) is 0 Å². The van der Waals surface area contributed by atoms with E-state index in [0.717, 1.165) is 12.1 Å². The zero-order valence-electron chi connectivity index (χ0n) is 13.3. The van der Waals surface area contributed by atoms with Crippen LogP contribution in [0.3, 0.4) is 0 Å². The number of hydrogen-bond acceptors (Lipinski definition) is 1. The van der Waals surface area contributed by atoms with Crippen molar-refractivity contribution >= 4 is 5.91 Å². The van der Waals surface area contributed by atoms with Crippen LogP contribution in [0.1, 0.15) is 45.0 Å². The molecule has 0 heterocycles. The molecule has 2 nitrogen and oxygen atoms in total. The molecule has 20 heavy (non-hydrogen) atoms. The number of hydrogen-bond donors (Lipinski definition) is 1. The van der Waals surface area contributed by atoms with Crippen molar-refractivity contribution in [1.82, 2.24) is 5.32 Å².